The molecule has 17 heavy (non-hydrogen) atoms. The third kappa shape index (κ3) is 2.09. The molecular formula is C14H19Cl2N. The van der Waals surface area contributed by atoms with Gasteiger partial charge in [-0.3, -0.25) is 0 Å². The van der Waals surface area contributed by atoms with E-state index < -0.39 is 0 Å². The first-order chi connectivity index (χ1) is 7.88. The van der Waals surface area contributed by atoms with Gasteiger partial charge in [0, 0.05) is 5.54 Å². The van der Waals surface area contributed by atoms with Gasteiger partial charge in [0.25, 0.3) is 0 Å². The van der Waals surface area contributed by atoms with Crippen molar-refractivity contribution in [1.29, 1.82) is 0 Å². The molecule has 1 N–H and O–H groups in total. The highest BCUT2D eigenvalue weighted by atomic mass is 35.5. The summed E-state index contributed by atoms with van der Waals surface area (Å²) in [5.74, 6) is 0. The summed E-state index contributed by atoms with van der Waals surface area (Å²) in [6.07, 6.45) is 2.29. The smallest absolute Gasteiger partial charge is 0.0643 e. The quantitative estimate of drug-likeness (QED) is 0.786. The van der Waals surface area contributed by atoms with E-state index in [0.717, 1.165) is 18.5 Å². The number of rotatable bonds is 1. The van der Waals surface area contributed by atoms with Crippen LogP contribution in [0.25, 0.3) is 0 Å². The molecule has 0 bridgehead atoms. The van der Waals surface area contributed by atoms with Crippen LogP contribution in [-0.4, -0.2) is 6.54 Å². The Labute approximate surface area is 114 Å². The van der Waals surface area contributed by atoms with E-state index in [-0.39, 0.29) is 11.0 Å². The van der Waals surface area contributed by atoms with E-state index in [9.17, 15) is 0 Å². The predicted molar refractivity (Wildman–Crippen MR) is 74.8 cm³/mol. The van der Waals surface area contributed by atoms with E-state index in [1.807, 2.05) is 12.1 Å². The van der Waals surface area contributed by atoms with Crippen molar-refractivity contribution in [3.05, 3.63) is 33.8 Å². The molecule has 2 rings (SSSR count). The normalized spacial score (nSPS) is 25.2. The Morgan fingerprint density at radius 3 is 2.47 bits per heavy atom. The van der Waals surface area contributed by atoms with Gasteiger partial charge in [0.1, 0.15) is 0 Å². The van der Waals surface area contributed by atoms with Gasteiger partial charge in [0.2, 0.25) is 0 Å². The molecule has 3 heteroatoms. The van der Waals surface area contributed by atoms with Crippen LogP contribution in [0.3, 0.4) is 0 Å². The average molecular weight is 272 g/mol. The third-order valence-corrected chi connectivity index (χ3v) is 4.67. The first-order valence-corrected chi connectivity index (χ1v) is 6.84. The summed E-state index contributed by atoms with van der Waals surface area (Å²) in [6.45, 7) is 7.80. The Hall–Kier alpha value is -0.240. The van der Waals surface area contributed by atoms with Gasteiger partial charge in [-0.15, -0.1) is 0 Å². The van der Waals surface area contributed by atoms with Crippen molar-refractivity contribution in [2.45, 2.75) is 39.2 Å². The molecular weight excluding hydrogens is 253 g/mol. The second kappa shape index (κ2) is 4.46. The Morgan fingerprint density at radius 2 is 1.94 bits per heavy atom. The van der Waals surface area contributed by atoms with Crippen LogP contribution in [0.15, 0.2) is 18.2 Å². The lowest BCUT2D eigenvalue weighted by atomic mass is 9.68. The highest BCUT2D eigenvalue weighted by molar-refractivity contribution is 6.42. The van der Waals surface area contributed by atoms with E-state index in [4.69, 9.17) is 23.2 Å². The van der Waals surface area contributed by atoms with Crippen LogP contribution in [-0.2, 0) is 5.54 Å². The number of hydrogen-bond acceptors (Lipinski definition) is 1. The summed E-state index contributed by atoms with van der Waals surface area (Å²) >= 11 is 12.5. The van der Waals surface area contributed by atoms with Gasteiger partial charge in [-0.2, -0.15) is 0 Å². The van der Waals surface area contributed by atoms with Crippen LogP contribution < -0.4 is 5.32 Å². The predicted octanol–water partition coefficient (Wildman–Crippen LogP) is 4.62. The van der Waals surface area contributed by atoms with Crippen molar-refractivity contribution in [2.75, 3.05) is 6.54 Å². The fraction of sp³-hybridized carbons (Fsp3) is 0.571. The van der Waals surface area contributed by atoms with Gasteiger partial charge >= 0.3 is 0 Å². The third-order valence-electron chi connectivity index (χ3n) is 3.85. The van der Waals surface area contributed by atoms with E-state index >= 15 is 0 Å². The molecule has 1 saturated heterocycles. The SMILES string of the molecule is CC(C)(C)C1(c2cccc(Cl)c2Cl)CCCN1. The minimum atomic E-state index is -0.0605. The zero-order chi connectivity index (χ0) is 12.7. The lowest BCUT2D eigenvalue weighted by Gasteiger charge is -2.43. The first-order valence-electron chi connectivity index (χ1n) is 6.08. The number of hydrogen-bond donors (Lipinski definition) is 1. The van der Waals surface area contributed by atoms with Crippen molar-refractivity contribution in [1.82, 2.24) is 5.32 Å². The molecule has 1 atom stereocenters. The van der Waals surface area contributed by atoms with Crippen molar-refractivity contribution in [3.63, 3.8) is 0 Å². The summed E-state index contributed by atoms with van der Waals surface area (Å²) in [4.78, 5) is 0. The van der Waals surface area contributed by atoms with Gasteiger partial charge in [-0.05, 0) is 36.4 Å². The van der Waals surface area contributed by atoms with Crippen LogP contribution in [0, 0.1) is 5.41 Å². The summed E-state index contributed by atoms with van der Waals surface area (Å²) in [6, 6.07) is 5.92. The maximum Gasteiger partial charge on any atom is 0.0643 e. The molecule has 0 aromatic heterocycles. The monoisotopic (exact) mass is 271 g/mol. The molecule has 94 valence electrons. The number of benzene rings is 1. The number of halogens is 2. The van der Waals surface area contributed by atoms with Crippen molar-refractivity contribution in [2.24, 2.45) is 5.41 Å². The van der Waals surface area contributed by atoms with E-state index in [1.54, 1.807) is 0 Å². The Bertz CT molecular complexity index is 415. The highest BCUT2D eigenvalue weighted by Crippen LogP contribution is 2.48. The molecule has 0 radical (unpaired) electrons. The van der Waals surface area contributed by atoms with Crippen molar-refractivity contribution < 1.29 is 0 Å². The van der Waals surface area contributed by atoms with Gasteiger partial charge in [0.05, 0.1) is 10.0 Å². The van der Waals surface area contributed by atoms with Gasteiger partial charge in [-0.25, -0.2) is 0 Å². The topological polar surface area (TPSA) is 12.0 Å². The minimum absolute atomic E-state index is 0.0605. The molecule has 1 heterocycles. The summed E-state index contributed by atoms with van der Waals surface area (Å²) < 4.78 is 0. The van der Waals surface area contributed by atoms with E-state index in [0.29, 0.717) is 10.0 Å². The minimum Gasteiger partial charge on any atom is -0.307 e. The molecule has 0 spiro atoms. The van der Waals surface area contributed by atoms with Crippen molar-refractivity contribution in [3.8, 4) is 0 Å². The van der Waals surface area contributed by atoms with Crippen LogP contribution in [0.5, 0.6) is 0 Å². The van der Waals surface area contributed by atoms with Gasteiger partial charge in [0.15, 0.2) is 0 Å². The standard InChI is InChI=1S/C14H19Cl2N/c1-13(2,3)14(8-5-9-17-14)10-6-4-7-11(15)12(10)16/h4,6-7,17H,5,8-9H2,1-3H3. The summed E-state index contributed by atoms with van der Waals surface area (Å²) in [7, 11) is 0. The van der Waals surface area contributed by atoms with Crippen molar-refractivity contribution >= 4 is 23.2 Å². The Morgan fingerprint density at radius 1 is 1.24 bits per heavy atom. The van der Waals surface area contributed by atoms with E-state index in [2.05, 4.69) is 32.2 Å². The fourth-order valence-electron chi connectivity index (χ4n) is 2.85. The molecule has 1 aromatic carbocycles. The maximum absolute atomic E-state index is 6.40. The molecule has 1 unspecified atom stereocenters. The van der Waals surface area contributed by atoms with E-state index in [1.165, 1.54) is 6.42 Å². The molecule has 1 aliphatic rings. The second-order valence-corrected chi connectivity index (χ2v) is 6.57. The summed E-state index contributed by atoms with van der Waals surface area (Å²) in [5.41, 5.74) is 1.18. The molecule has 0 saturated carbocycles. The maximum atomic E-state index is 6.40. The Kier molecular flexibility index (Phi) is 3.46. The first kappa shape index (κ1) is 13.2. The molecule has 1 nitrogen and oxygen atoms in total. The lowest BCUT2D eigenvalue weighted by molar-refractivity contribution is 0.161. The average Bonchev–Trinajstić information content (AvgIpc) is 2.71. The van der Waals surface area contributed by atoms with Gasteiger partial charge < -0.3 is 5.32 Å². The highest BCUT2D eigenvalue weighted by Gasteiger charge is 2.46. The van der Waals surface area contributed by atoms with Crippen LogP contribution in [0.2, 0.25) is 10.0 Å². The lowest BCUT2D eigenvalue weighted by Crippen LogP contribution is -2.48. The summed E-state index contributed by atoms with van der Waals surface area (Å²) in [5, 5.41) is 4.98. The largest absolute Gasteiger partial charge is 0.307 e. The van der Waals surface area contributed by atoms with Crippen LogP contribution in [0.1, 0.15) is 39.2 Å². The molecule has 1 fully saturated rings. The van der Waals surface area contributed by atoms with Crippen LogP contribution in [0.4, 0.5) is 0 Å². The second-order valence-electron chi connectivity index (χ2n) is 5.79. The van der Waals surface area contributed by atoms with Gasteiger partial charge in [-0.1, -0.05) is 56.1 Å². The zero-order valence-electron chi connectivity index (χ0n) is 10.6. The molecule has 1 aromatic rings. The zero-order valence-corrected chi connectivity index (χ0v) is 12.1. The fourth-order valence-corrected chi connectivity index (χ4v) is 3.31. The molecule has 1 aliphatic heterocycles. The molecule has 0 amide bonds. The molecule has 0 aliphatic carbocycles. The van der Waals surface area contributed by atoms with Crippen LogP contribution >= 0.6 is 23.2 Å². The number of nitrogens with one attached hydrogen (secondary N) is 1. The Balaban J connectivity index is 2.58.